The largest absolute Gasteiger partial charge is 0.320 e. The van der Waals surface area contributed by atoms with Crippen molar-refractivity contribution in [1.82, 2.24) is 0 Å². The summed E-state index contributed by atoms with van der Waals surface area (Å²) < 4.78 is 0. The standard InChI is InChI=1S/C16H21NS/c1-4-6-13-7-5-8-14(10-13)16(17)15-9-11(2)12(3)18-15/h5,7-10,16H,4,6,17H2,1-3H3. The molecule has 0 amide bonds. The van der Waals surface area contributed by atoms with Crippen LogP contribution in [0.15, 0.2) is 30.3 Å². The van der Waals surface area contributed by atoms with Crippen LogP contribution < -0.4 is 5.73 Å². The average molecular weight is 259 g/mol. The predicted octanol–water partition coefficient (Wildman–Crippen LogP) is 4.37. The van der Waals surface area contributed by atoms with Crippen LogP contribution in [0.25, 0.3) is 0 Å². The van der Waals surface area contributed by atoms with Crippen molar-refractivity contribution >= 4 is 11.3 Å². The van der Waals surface area contributed by atoms with Gasteiger partial charge in [0.05, 0.1) is 6.04 Å². The molecule has 1 heterocycles. The van der Waals surface area contributed by atoms with Gasteiger partial charge in [0.25, 0.3) is 0 Å². The van der Waals surface area contributed by atoms with E-state index >= 15 is 0 Å². The summed E-state index contributed by atoms with van der Waals surface area (Å²) in [5.41, 5.74) is 10.3. The molecule has 0 aliphatic heterocycles. The van der Waals surface area contributed by atoms with Crippen LogP contribution >= 0.6 is 11.3 Å². The molecule has 1 atom stereocenters. The van der Waals surface area contributed by atoms with E-state index in [1.165, 1.54) is 32.9 Å². The summed E-state index contributed by atoms with van der Waals surface area (Å²) in [6, 6.07) is 10.9. The smallest absolute Gasteiger partial charge is 0.0646 e. The van der Waals surface area contributed by atoms with Crippen molar-refractivity contribution in [1.29, 1.82) is 0 Å². The van der Waals surface area contributed by atoms with Gasteiger partial charge in [-0.25, -0.2) is 0 Å². The van der Waals surface area contributed by atoms with Gasteiger partial charge in [-0.05, 0) is 43.0 Å². The van der Waals surface area contributed by atoms with E-state index < -0.39 is 0 Å². The van der Waals surface area contributed by atoms with Gasteiger partial charge in [0.15, 0.2) is 0 Å². The van der Waals surface area contributed by atoms with Gasteiger partial charge in [-0.2, -0.15) is 0 Å². The molecule has 0 aliphatic carbocycles. The zero-order chi connectivity index (χ0) is 13.1. The van der Waals surface area contributed by atoms with Crippen LogP contribution in [0.3, 0.4) is 0 Å². The minimum absolute atomic E-state index is 0.0132. The first-order chi connectivity index (χ1) is 8.61. The number of aryl methyl sites for hydroxylation is 3. The highest BCUT2D eigenvalue weighted by Crippen LogP contribution is 2.29. The Morgan fingerprint density at radius 1 is 1.22 bits per heavy atom. The maximum absolute atomic E-state index is 6.37. The summed E-state index contributed by atoms with van der Waals surface area (Å²) >= 11 is 1.81. The molecule has 0 saturated heterocycles. The van der Waals surface area contributed by atoms with Gasteiger partial charge in [-0.3, -0.25) is 0 Å². The Morgan fingerprint density at radius 3 is 2.61 bits per heavy atom. The first-order valence-corrected chi connectivity index (χ1v) is 7.34. The molecule has 2 aromatic rings. The molecule has 1 unspecified atom stereocenters. The Balaban J connectivity index is 2.27. The summed E-state index contributed by atoms with van der Waals surface area (Å²) in [5.74, 6) is 0. The normalized spacial score (nSPS) is 12.7. The summed E-state index contributed by atoms with van der Waals surface area (Å²) in [6.07, 6.45) is 2.30. The van der Waals surface area contributed by atoms with Crippen molar-refractivity contribution in [3.05, 3.63) is 56.8 Å². The Bertz CT molecular complexity index is 508. The molecule has 0 aliphatic rings. The van der Waals surface area contributed by atoms with Gasteiger partial charge in [0.1, 0.15) is 0 Å². The highest BCUT2D eigenvalue weighted by atomic mass is 32.1. The molecule has 18 heavy (non-hydrogen) atoms. The molecule has 1 aromatic heterocycles. The third kappa shape index (κ3) is 2.82. The fraction of sp³-hybridized carbons (Fsp3) is 0.375. The zero-order valence-electron chi connectivity index (χ0n) is 11.4. The van der Waals surface area contributed by atoms with E-state index in [0.717, 1.165) is 6.42 Å². The lowest BCUT2D eigenvalue weighted by molar-refractivity contribution is 0.874. The van der Waals surface area contributed by atoms with E-state index in [-0.39, 0.29) is 6.04 Å². The predicted molar refractivity (Wildman–Crippen MR) is 80.3 cm³/mol. The van der Waals surface area contributed by atoms with Crippen molar-refractivity contribution in [3.8, 4) is 0 Å². The molecular formula is C16H21NS. The Labute approximate surface area is 114 Å². The molecular weight excluding hydrogens is 238 g/mol. The van der Waals surface area contributed by atoms with Gasteiger partial charge >= 0.3 is 0 Å². The second kappa shape index (κ2) is 5.68. The second-order valence-electron chi connectivity index (χ2n) is 4.86. The fourth-order valence-corrected chi connectivity index (χ4v) is 3.22. The number of rotatable bonds is 4. The minimum atomic E-state index is 0.0132. The van der Waals surface area contributed by atoms with E-state index in [4.69, 9.17) is 5.73 Å². The summed E-state index contributed by atoms with van der Waals surface area (Å²) in [5, 5.41) is 0. The highest BCUT2D eigenvalue weighted by molar-refractivity contribution is 7.12. The molecule has 0 fully saturated rings. The summed E-state index contributed by atoms with van der Waals surface area (Å²) in [4.78, 5) is 2.63. The van der Waals surface area contributed by atoms with Crippen molar-refractivity contribution in [3.63, 3.8) is 0 Å². The SMILES string of the molecule is CCCc1cccc(C(N)c2cc(C)c(C)s2)c1. The van der Waals surface area contributed by atoms with Crippen LogP contribution in [-0.4, -0.2) is 0 Å². The molecule has 2 N–H and O–H groups in total. The van der Waals surface area contributed by atoms with Gasteiger partial charge in [0, 0.05) is 9.75 Å². The van der Waals surface area contributed by atoms with Crippen molar-refractivity contribution < 1.29 is 0 Å². The van der Waals surface area contributed by atoms with Crippen LogP contribution in [0.2, 0.25) is 0 Å². The number of benzene rings is 1. The van der Waals surface area contributed by atoms with Crippen molar-refractivity contribution in [2.45, 2.75) is 39.7 Å². The highest BCUT2D eigenvalue weighted by Gasteiger charge is 2.12. The maximum Gasteiger partial charge on any atom is 0.0646 e. The minimum Gasteiger partial charge on any atom is -0.320 e. The van der Waals surface area contributed by atoms with Gasteiger partial charge in [-0.1, -0.05) is 37.6 Å². The van der Waals surface area contributed by atoms with Crippen LogP contribution in [0.1, 0.15) is 45.8 Å². The summed E-state index contributed by atoms with van der Waals surface area (Å²) in [6.45, 7) is 6.51. The number of nitrogens with two attached hydrogens (primary N) is 1. The van der Waals surface area contributed by atoms with E-state index in [0.29, 0.717) is 0 Å². The number of hydrogen-bond donors (Lipinski definition) is 1. The van der Waals surface area contributed by atoms with Crippen LogP contribution in [0.5, 0.6) is 0 Å². The first-order valence-electron chi connectivity index (χ1n) is 6.53. The van der Waals surface area contributed by atoms with Crippen molar-refractivity contribution in [2.24, 2.45) is 5.73 Å². The quantitative estimate of drug-likeness (QED) is 0.867. The van der Waals surface area contributed by atoms with Crippen molar-refractivity contribution in [2.75, 3.05) is 0 Å². The Kier molecular flexibility index (Phi) is 4.20. The summed E-state index contributed by atoms with van der Waals surface area (Å²) in [7, 11) is 0. The third-order valence-electron chi connectivity index (χ3n) is 3.34. The molecule has 96 valence electrons. The van der Waals surface area contributed by atoms with E-state index in [1.807, 2.05) is 11.3 Å². The van der Waals surface area contributed by atoms with Crippen LogP contribution in [0, 0.1) is 13.8 Å². The van der Waals surface area contributed by atoms with Gasteiger partial charge in [0.2, 0.25) is 0 Å². The third-order valence-corrected chi connectivity index (χ3v) is 4.58. The molecule has 2 rings (SSSR count). The molecule has 0 radical (unpaired) electrons. The molecule has 2 heteroatoms. The maximum atomic E-state index is 6.37. The Hall–Kier alpha value is -1.12. The van der Waals surface area contributed by atoms with E-state index in [1.54, 1.807) is 0 Å². The fourth-order valence-electron chi connectivity index (χ4n) is 2.15. The molecule has 0 saturated carbocycles. The topological polar surface area (TPSA) is 26.0 Å². The first kappa shape index (κ1) is 13.3. The molecule has 1 aromatic carbocycles. The van der Waals surface area contributed by atoms with Crippen LogP contribution in [0.4, 0.5) is 0 Å². The number of hydrogen-bond acceptors (Lipinski definition) is 2. The average Bonchev–Trinajstić information content (AvgIpc) is 2.69. The van der Waals surface area contributed by atoms with Gasteiger partial charge in [-0.15, -0.1) is 11.3 Å². The lowest BCUT2D eigenvalue weighted by atomic mass is 10.0. The van der Waals surface area contributed by atoms with Crippen LogP contribution in [-0.2, 0) is 6.42 Å². The lowest BCUT2D eigenvalue weighted by Gasteiger charge is -2.11. The van der Waals surface area contributed by atoms with E-state index in [2.05, 4.69) is 51.1 Å². The number of thiophene rings is 1. The molecule has 0 bridgehead atoms. The monoisotopic (exact) mass is 259 g/mol. The van der Waals surface area contributed by atoms with Gasteiger partial charge < -0.3 is 5.73 Å². The zero-order valence-corrected chi connectivity index (χ0v) is 12.2. The molecule has 0 spiro atoms. The lowest BCUT2D eigenvalue weighted by Crippen LogP contribution is -2.10. The Morgan fingerprint density at radius 2 is 2.00 bits per heavy atom. The second-order valence-corrected chi connectivity index (χ2v) is 6.15. The molecule has 1 nitrogen and oxygen atoms in total. The van der Waals surface area contributed by atoms with E-state index in [9.17, 15) is 0 Å².